The van der Waals surface area contributed by atoms with Crippen molar-refractivity contribution >= 4 is 12.2 Å². The van der Waals surface area contributed by atoms with E-state index in [4.69, 9.17) is 24.5 Å². The third-order valence-corrected chi connectivity index (χ3v) is 4.40. The molecule has 1 aromatic heterocycles. The summed E-state index contributed by atoms with van der Waals surface area (Å²) in [7, 11) is 1.60. The zero-order chi connectivity index (χ0) is 16.6. The zero-order valence-electron chi connectivity index (χ0n) is 13.4. The summed E-state index contributed by atoms with van der Waals surface area (Å²) in [6.07, 6.45) is 6.52. The van der Waals surface area contributed by atoms with E-state index in [0.717, 1.165) is 24.8 Å². The Morgan fingerprint density at radius 2 is 2.04 bits per heavy atom. The van der Waals surface area contributed by atoms with E-state index in [1.807, 2.05) is 18.2 Å². The maximum Gasteiger partial charge on any atom is 0.250 e. The summed E-state index contributed by atoms with van der Waals surface area (Å²) in [4.78, 5) is 4.37. The molecule has 0 atom stereocenters. The lowest BCUT2D eigenvalue weighted by atomic mass is 9.77. The Morgan fingerprint density at radius 3 is 2.79 bits per heavy atom. The summed E-state index contributed by atoms with van der Waals surface area (Å²) in [5, 5.41) is 3.99. The first-order chi connectivity index (χ1) is 11.7. The fraction of sp³-hybridized carbons (Fsp3) is 0.412. The maximum atomic E-state index is 6.20. The molecule has 0 amide bonds. The SMILES string of the molecule is COc1cc(/C=C/c2nc(C3(N)CCC3)no2)cc2c1OCCO2. The number of hydrogen-bond acceptors (Lipinski definition) is 7. The number of benzene rings is 1. The van der Waals surface area contributed by atoms with Crippen molar-refractivity contribution in [1.29, 1.82) is 0 Å². The summed E-state index contributed by atoms with van der Waals surface area (Å²) >= 11 is 0. The fourth-order valence-electron chi connectivity index (χ4n) is 2.84. The lowest BCUT2D eigenvalue weighted by Gasteiger charge is -2.34. The van der Waals surface area contributed by atoms with Gasteiger partial charge >= 0.3 is 0 Å². The lowest BCUT2D eigenvalue weighted by Crippen LogP contribution is -2.44. The molecule has 1 saturated carbocycles. The van der Waals surface area contributed by atoms with Crippen LogP contribution in [0.2, 0.25) is 0 Å². The van der Waals surface area contributed by atoms with Crippen LogP contribution in [-0.2, 0) is 5.54 Å². The molecule has 0 radical (unpaired) electrons. The average molecular weight is 329 g/mol. The lowest BCUT2D eigenvalue weighted by molar-refractivity contribution is 0.165. The molecule has 7 heteroatoms. The van der Waals surface area contributed by atoms with Crippen molar-refractivity contribution in [3.8, 4) is 17.2 Å². The molecule has 1 fully saturated rings. The van der Waals surface area contributed by atoms with Gasteiger partial charge in [-0.2, -0.15) is 4.98 Å². The summed E-state index contributed by atoms with van der Waals surface area (Å²) in [5.41, 5.74) is 6.67. The van der Waals surface area contributed by atoms with E-state index in [2.05, 4.69) is 10.1 Å². The van der Waals surface area contributed by atoms with E-state index in [1.165, 1.54) is 0 Å². The van der Waals surface area contributed by atoms with Gasteiger partial charge in [0.2, 0.25) is 5.75 Å². The average Bonchev–Trinajstić information content (AvgIpc) is 3.06. The van der Waals surface area contributed by atoms with Crippen LogP contribution in [0.15, 0.2) is 16.7 Å². The van der Waals surface area contributed by atoms with Crippen LogP contribution < -0.4 is 19.9 Å². The van der Waals surface area contributed by atoms with E-state index in [9.17, 15) is 0 Å². The predicted molar refractivity (Wildman–Crippen MR) is 86.9 cm³/mol. The van der Waals surface area contributed by atoms with Gasteiger partial charge in [0.1, 0.15) is 13.2 Å². The van der Waals surface area contributed by atoms with Crippen molar-refractivity contribution in [1.82, 2.24) is 10.1 Å². The molecule has 2 aromatic rings. The van der Waals surface area contributed by atoms with E-state index < -0.39 is 5.54 Å². The summed E-state index contributed by atoms with van der Waals surface area (Å²) < 4.78 is 21.8. The molecule has 4 rings (SSSR count). The highest BCUT2D eigenvalue weighted by Crippen LogP contribution is 2.41. The second kappa shape index (κ2) is 5.83. The van der Waals surface area contributed by atoms with Gasteiger partial charge in [-0.25, -0.2) is 0 Å². The second-order valence-electron chi connectivity index (χ2n) is 6.05. The minimum atomic E-state index is -0.421. The van der Waals surface area contributed by atoms with Crippen LogP contribution in [-0.4, -0.2) is 30.5 Å². The second-order valence-corrected chi connectivity index (χ2v) is 6.05. The van der Waals surface area contributed by atoms with Gasteiger partial charge in [0, 0.05) is 6.08 Å². The van der Waals surface area contributed by atoms with E-state index >= 15 is 0 Å². The Hall–Kier alpha value is -2.54. The van der Waals surface area contributed by atoms with Crippen molar-refractivity contribution in [3.63, 3.8) is 0 Å². The van der Waals surface area contributed by atoms with Gasteiger partial charge in [-0.05, 0) is 43.0 Å². The van der Waals surface area contributed by atoms with Crippen molar-refractivity contribution in [2.45, 2.75) is 24.8 Å². The fourth-order valence-corrected chi connectivity index (χ4v) is 2.84. The third-order valence-electron chi connectivity index (χ3n) is 4.40. The highest BCUT2D eigenvalue weighted by atomic mass is 16.6. The Morgan fingerprint density at radius 1 is 1.21 bits per heavy atom. The van der Waals surface area contributed by atoms with Crippen LogP contribution in [0.1, 0.15) is 36.5 Å². The molecule has 0 spiro atoms. The van der Waals surface area contributed by atoms with Crippen molar-refractivity contribution in [2.75, 3.05) is 20.3 Å². The van der Waals surface area contributed by atoms with Gasteiger partial charge in [-0.15, -0.1) is 0 Å². The number of nitrogens with zero attached hydrogens (tertiary/aromatic N) is 2. The molecule has 24 heavy (non-hydrogen) atoms. The molecule has 7 nitrogen and oxygen atoms in total. The maximum absolute atomic E-state index is 6.20. The molecule has 2 aliphatic rings. The van der Waals surface area contributed by atoms with Crippen LogP contribution in [0.3, 0.4) is 0 Å². The predicted octanol–water partition coefficient (Wildman–Crippen LogP) is 2.36. The van der Waals surface area contributed by atoms with Gasteiger partial charge in [0.15, 0.2) is 17.3 Å². The van der Waals surface area contributed by atoms with Gasteiger partial charge < -0.3 is 24.5 Å². The number of fused-ring (bicyclic) bond motifs is 1. The molecule has 2 heterocycles. The van der Waals surface area contributed by atoms with Gasteiger partial charge in [0.05, 0.1) is 12.6 Å². The Labute approximate surface area is 139 Å². The molecular formula is C17H19N3O4. The number of hydrogen-bond donors (Lipinski definition) is 1. The number of rotatable bonds is 4. The van der Waals surface area contributed by atoms with Crippen molar-refractivity contribution < 1.29 is 18.7 Å². The van der Waals surface area contributed by atoms with Crippen LogP contribution in [0.4, 0.5) is 0 Å². The highest BCUT2D eigenvalue weighted by molar-refractivity contribution is 5.70. The summed E-state index contributed by atoms with van der Waals surface area (Å²) in [5.74, 6) is 2.94. The number of aromatic nitrogens is 2. The van der Waals surface area contributed by atoms with E-state index in [-0.39, 0.29) is 0 Å². The minimum Gasteiger partial charge on any atom is -0.493 e. The molecule has 1 aliphatic carbocycles. The first-order valence-electron chi connectivity index (χ1n) is 7.97. The van der Waals surface area contributed by atoms with Crippen molar-refractivity contribution in [2.24, 2.45) is 5.73 Å². The highest BCUT2D eigenvalue weighted by Gasteiger charge is 2.38. The first-order valence-corrected chi connectivity index (χ1v) is 7.97. The van der Waals surface area contributed by atoms with Gasteiger partial charge in [0.25, 0.3) is 5.89 Å². The van der Waals surface area contributed by atoms with Crippen LogP contribution in [0.5, 0.6) is 17.2 Å². The number of ether oxygens (including phenoxy) is 3. The van der Waals surface area contributed by atoms with Crippen LogP contribution in [0.25, 0.3) is 12.2 Å². The standard InChI is InChI=1S/C17H19N3O4/c1-21-12-9-11(10-13-15(12)23-8-7-22-13)3-4-14-19-16(20-24-14)17(18)5-2-6-17/h3-4,9-10H,2,5-8,18H2,1H3/b4-3+. The largest absolute Gasteiger partial charge is 0.493 e. The van der Waals surface area contributed by atoms with E-state index in [0.29, 0.717) is 42.2 Å². The quantitative estimate of drug-likeness (QED) is 0.920. The summed E-state index contributed by atoms with van der Waals surface area (Å²) in [6.45, 7) is 1.04. The third kappa shape index (κ3) is 2.60. The minimum absolute atomic E-state index is 0.421. The molecule has 0 unspecified atom stereocenters. The van der Waals surface area contributed by atoms with Crippen LogP contribution >= 0.6 is 0 Å². The Balaban J connectivity index is 1.57. The Kier molecular flexibility index (Phi) is 3.65. The summed E-state index contributed by atoms with van der Waals surface area (Å²) in [6, 6.07) is 3.76. The van der Waals surface area contributed by atoms with Crippen LogP contribution in [0, 0.1) is 0 Å². The topological polar surface area (TPSA) is 92.6 Å². The molecule has 1 aliphatic heterocycles. The normalized spacial score (nSPS) is 18.4. The molecule has 0 saturated heterocycles. The van der Waals surface area contributed by atoms with E-state index in [1.54, 1.807) is 13.2 Å². The molecule has 1 aromatic carbocycles. The number of nitrogens with two attached hydrogens (primary N) is 1. The molecule has 126 valence electrons. The van der Waals surface area contributed by atoms with Gasteiger partial charge in [-0.1, -0.05) is 5.16 Å². The Bertz CT molecular complexity index is 763. The molecule has 0 bridgehead atoms. The van der Waals surface area contributed by atoms with Gasteiger partial charge in [-0.3, -0.25) is 0 Å². The zero-order valence-corrected chi connectivity index (χ0v) is 13.4. The monoisotopic (exact) mass is 329 g/mol. The molecular weight excluding hydrogens is 310 g/mol. The number of methoxy groups -OCH3 is 1. The first kappa shape index (κ1) is 15.0. The van der Waals surface area contributed by atoms with Crippen molar-refractivity contribution in [3.05, 3.63) is 29.4 Å². The smallest absolute Gasteiger partial charge is 0.250 e. The molecule has 2 N–H and O–H groups in total.